The number of halogens is 1. The minimum Gasteiger partial charge on any atom is -0.508 e. The molecule has 0 bridgehead atoms. The zero-order chi connectivity index (χ0) is 14.8. The number of anilines is 1. The van der Waals surface area contributed by atoms with Crippen molar-refractivity contribution in [3.8, 4) is 11.5 Å². The number of aromatic hydroxyl groups is 1. The summed E-state index contributed by atoms with van der Waals surface area (Å²) in [6.45, 7) is 0.449. The summed E-state index contributed by atoms with van der Waals surface area (Å²) in [4.78, 5) is 15.2. The molecule has 3 aromatic rings. The Kier molecular flexibility index (Phi) is 3.49. The number of phenolic OH excluding ortho intramolecular Hbond substituents is 1. The molecule has 2 aromatic heterocycles. The minimum absolute atomic E-state index is 0.120. The number of hydrogen-bond acceptors (Lipinski definition) is 6. The fraction of sp³-hybridized carbons (Fsp3) is 0.154. The van der Waals surface area contributed by atoms with Gasteiger partial charge in [-0.1, -0.05) is 0 Å². The van der Waals surface area contributed by atoms with Crippen LogP contribution in [0.1, 0.15) is 5.56 Å². The van der Waals surface area contributed by atoms with Crippen LogP contribution in [0.15, 0.2) is 24.5 Å². The molecule has 7 nitrogen and oxygen atoms in total. The average Bonchev–Trinajstić information content (AvgIpc) is 2.93. The van der Waals surface area contributed by atoms with Crippen LogP contribution in [0.2, 0.25) is 5.28 Å². The number of H-pyrrole nitrogens is 1. The first kappa shape index (κ1) is 13.4. The Bertz CT molecular complexity index is 789. The number of aromatic nitrogens is 4. The molecule has 21 heavy (non-hydrogen) atoms. The molecular formula is C13H12ClN5O2. The highest BCUT2D eigenvalue weighted by atomic mass is 35.5. The first-order valence-corrected chi connectivity index (χ1v) is 6.51. The normalized spacial score (nSPS) is 10.8. The van der Waals surface area contributed by atoms with Gasteiger partial charge >= 0.3 is 0 Å². The number of nitrogens with zero attached hydrogens (tertiary/aromatic N) is 3. The van der Waals surface area contributed by atoms with E-state index < -0.39 is 0 Å². The van der Waals surface area contributed by atoms with Crippen molar-refractivity contribution in [3.63, 3.8) is 0 Å². The molecule has 3 rings (SSSR count). The van der Waals surface area contributed by atoms with E-state index in [0.29, 0.717) is 29.3 Å². The van der Waals surface area contributed by atoms with E-state index in [1.165, 1.54) is 6.33 Å². The van der Waals surface area contributed by atoms with E-state index in [1.807, 2.05) is 0 Å². The van der Waals surface area contributed by atoms with Gasteiger partial charge in [-0.2, -0.15) is 9.97 Å². The number of aromatic amines is 1. The van der Waals surface area contributed by atoms with E-state index in [1.54, 1.807) is 25.3 Å². The van der Waals surface area contributed by atoms with E-state index in [0.717, 1.165) is 5.56 Å². The van der Waals surface area contributed by atoms with E-state index in [4.69, 9.17) is 16.3 Å². The second kappa shape index (κ2) is 5.45. The Morgan fingerprint density at radius 3 is 3.05 bits per heavy atom. The van der Waals surface area contributed by atoms with Gasteiger partial charge in [0.25, 0.3) is 0 Å². The van der Waals surface area contributed by atoms with Crippen LogP contribution >= 0.6 is 11.6 Å². The molecule has 0 amide bonds. The zero-order valence-electron chi connectivity index (χ0n) is 11.1. The predicted octanol–water partition coefficient (Wildman–Crippen LogP) is 2.33. The first-order valence-electron chi connectivity index (χ1n) is 6.14. The maximum Gasteiger partial charge on any atom is 0.226 e. The van der Waals surface area contributed by atoms with Gasteiger partial charge in [0.1, 0.15) is 17.0 Å². The Morgan fingerprint density at radius 1 is 1.38 bits per heavy atom. The molecule has 108 valence electrons. The number of ether oxygens (including phenoxy) is 1. The molecule has 0 saturated carbocycles. The van der Waals surface area contributed by atoms with Crippen LogP contribution in [0.4, 0.5) is 5.82 Å². The number of hydrogen-bond donors (Lipinski definition) is 3. The topological polar surface area (TPSA) is 96.0 Å². The van der Waals surface area contributed by atoms with Crippen molar-refractivity contribution < 1.29 is 9.84 Å². The number of benzene rings is 1. The SMILES string of the molecule is COc1cc(O)ccc1CNc1nc(Cl)nc2nc[nH]c12. The van der Waals surface area contributed by atoms with Crippen molar-refractivity contribution in [2.45, 2.75) is 6.54 Å². The lowest BCUT2D eigenvalue weighted by molar-refractivity contribution is 0.403. The summed E-state index contributed by atoms with van der Waals surface area (Å²) in [5, 5.41) is 12.7. The fourth-order valence-electron chi connectivity index (χ4n) is 1.99. The molecule has 0 spiro atoms. The van der Waals surface area contributed by atoms with Crippen LogP contribution in [0.5, 0.6) is 11.5 Å². The van der Waals surface area contributed by atoms with Crippen LogP contribution in [-0.4, -0.2) is 32.2 Å². The number of phenols is 1. The standard InChI is InChI=1S/C13H12ClN5O2/c1-21-9-4-8(20)3-2-7(9)5-15-11-10-12(17-6-16-10)19-13(14)18-11/h2-4,6,20H,5H2,1H3,(H2,15,16,17,18,19). The second-order valence-corrected chi connectivity index (χ2v) is 4.63. The molecule has 2 heterocycles. The molecule has 1 aromatic carbocycles. The van der Waals surface area contributed by atoms with Crippen LogP contribution in [-0.2, 0) is 6.54 Å². The van der Waals surface area contributed by atoms with Gasteiger partial charge in [-0.15, -0.1) is 0 Å². The zero-order valence-corrected chi connectivity index (χ0v) is 11.8. The van der Waals surface area contributed by atoms with Gasteiger partial charge in [0.05, 0.1) is 13.4 Å². The molecule has 0 unspecified atom stereocenters. The van der Waals surface area contributed by atoms with Crippen molar-refractivity contribution >= 4 is 28.6 Å². The highest BCUT2D eigenvalue weighted by Gasteiger charge is 2.10. The lowest BCUT2D eigenvalue weighted by Gasteiger charge is -2.11. The number of imidazole rings is 1. The summed E-state index contributed by atoms with van der Waals surface area (Å²) in [7, 11) is 1.55. The van der Waals surface area contributed by atoms with E-state index in [9.17, 15) is 5.11 Å². The van der Waals surface area contributed by atoms with Crippen molar-refractivity contribution in [2.75, 3.05) is 12.4 Å². The van der Waals surface area contributed by atoms with Gasteiger partial charge in [-0.3, -0.25) is 0 Å². The van der Waals surface area contributed by atoms with E-state index in [2.05, 4.69) is 25.3 Å². The third-order valence-corrected chi connectivity index (χ3v) is 3.14. The van der Waals surface area contributed by atoms with Gasteiger partial charge in [-0.05, 0) is 23.7 Å². The summed E-state index contributed by atoms with van der Waals surface area (Å²) in [5.74, 6) is 1.29. The quantitative estimate of drug-likeness (QED) is 0.640. The molecule has 0 radical (unpaired) electrons. The fourth-order valence-corrected chi connectivity index (χ4v) is 2.16. The highest BCUT2D eigenvalue weighted by molar-refractivity contribution is 6.28. The Balaban J connectivity index is 1.88. The van der Waals surface area contributed by atoms with E-state index >= 15 is 0 Å². The maximum absolute atomic E-state index is 9.45. The lowest BCUT2D eigenvalue weighted by Crippen LogP contribution is -2.04. The van der Waals surface area contributed by atoms with Gasteiger partial charge in [-0.25, -0.2) is 4.98 Å². The molecule has 0 saturated heterocycles. The van der Waals surface area contributed by atoms with Crippen molar-refractivity contribution in [3.05, 3.63) is 35.4 Å². The summed E-state index contributed by atoms with van der Waals surface area (Å²) in [6.07, 6.45) is 1.53. The molecule has 0 aliphatic heterocycles. The number of rotatable bonds is 4. The first-order chi connectivity index (χ1) is 10.2. The number of methoxy groups -OCH3 is 1. The van der Waals surface area contributed by atoms with Crippen molar-refractivity contribution in [1.82, 2.24) is 19.9 Å². The van der Waals surface area contributed by atoms with Crippen LogP contribution in [0.25, 0.3) is 11.2 Å². The molecule has 8 heteroatoms. The Hall–Kier alpha value is -2.54. The molecule has 0 aliphatic carbocycles. The summed E-state index contributed by atoms with van der Waals surface area (Å²) in [5.41, 5.74) is 2.05. The summed E-state index contributed by atoms with van der Waals surface area (Å²) in [6, 6.07) is 4.92. The third-order valence-electron chi connectivity index (χ3n) is 2.98. The van der Waals surface area contributed by atoms with Crippen LogP contribution in [0.3, 0.4) is 0 Å². The predicted molar refractivity (Wildman–Crippen MR) is 78.7 cm³/mol. The van der Waals surface area contributed by atoms with Gasteiger partial charge in [0.2, 0.25) is 5.28 Å². The lowest BCUT2D eigenvalue weighted by atomic mass is 10.2. The second-order valence-electron chi connectivity index (χ2n) is 4.29. The minimum atomic E-state index is 0.120. The van der Waals surface area contributed by atoms with Crippen molar-refractivity contribution in [1.29, 1.82) is 0 Å². The maximum atomic E-state index is 9.45. The van der Waals surface area contributed by atoms with Crippen molar-refractivity contribution in [2.24, 2.45) is 0 Å². The van der Waals surface area contributed by atoms with Gasteiger partial charge in [0.15, 0.2) is 11.5 Å². The molecule has 3 N–H and O–H groups in total. The Morgan fingerprint density at radius 2 is 2.24 bits per heavy atom. The van der Waals surface area contributed by atoms with E-state index in [-0.39, 0.29) is 11.0 Å². The smallest absolute Gasteiger partial charge is 0.226 e. The van der Waals surface area contributed by atoms with Crippen LogP contribution < -0.4 is 10.1 Å². The molecule has 0 atom stereocenters. The highest BCUT2D eigenvalue weighted by Crippen LogP contribution is 2.25. The van der Waals surface area contributed by atoms with Gasteiger partial charge < -0.3 is 20.1 Å². The monoisotopic (exact) mass is 305 g/mol. The van der Waals surface area contributed by atoms with Crippen LogP contribution in [0, 0.1) is 0 Å². The third kappa shape index (κ3) is 2.68. The molecule has 0 fully saturated rings. The summed E-state index contributed by atoms with van der Waals surface area (Å²) >= 11 is 5.87. The molecular weight excluding hydrogens is 294 g/mol. The average molecular weight is 306 g/mol. The number of nitrogens with one attached hydrogen (secondary N) is 2. The largest absolute Gasteiger partial charge is 0.508 e. The summed E-state index contributed by atoms with van der Waals surface area (Å²) < 4.78 is 5.23. The number of fused-ring (bicyclic) bond motifs is 1. The Labute approximate surface area is 125 Å². The molecule has 0 aliphatic rings. The van der Waals surface area contributed by atoms with Gasteiger partial charge in [0, 0.05) is 18.2 Å².